The molecule has 0 radical (unpaired) electrons. The van der Waals surface area contributed by atoms with Crippen molar-refractivity contribution in [2.75, 3.05) is 26.2 Å². The van der Waals surface area contributed by atoms with Gasteiger partial charge in [-0.25, -0.2) is 4.79 Å². The van der Waals surface area contributed by atoms with Crippen LogP contribution in [0.5, 0.6) is 0 Å². The summed E-state index contributed by atoms with van der Waals surface area (Å²) >= 11 is 0. The van der Waals surface area contributed by atoms with Crippen molar-refractivity contribution in [3.8, 4) is 0 Å². The van der Waals surface area contributed by atoms with E-state index in [4.69, 9.17) is 4.74 Å². The van der Waals surface area contributed by atoms with E-state index in [2.05, 4.69) is 53.4 Å². The molecule has 3 saturated heterocycles. The number of fused-ring (bicyclic) bond motifs is 4. The molecular formula is C24H28N2O2. The Bertz CT molecular complexity index is 830. The van der Waals surface area contributed by atoms with Crippen LogP contribution in [-0.4, -0.2) is 48.2 Å². The van der Waals surface area contributed by atoms with Crippen LogP contribution >= 0.6 is 0 Å². The number of rotatable bonds is 3. The molecule has 0 N–H and O–H groups in total. The number of nitrogens with zero attached hydrogens (tertiary/aromatic N) is 2. The molecule has 2 aromatic rings. The lowest BCUT2D eigenvalue weighted by Crippen LogP contribution is -2.53. The minimum Gasteiger partial charge on any atom is -0.444 e. The maximum absolute atomic E-state index is 13.2. The maximum atomic E-state index is 13.2. The smallest absolute Gasteiger partial charge is 0.410 e. The number of ether oxygens (including phenoxy) is 1. The Kier molecular flexibility index (Phi) is 4.81. The summed E-state index contributed by atoms with van der Waals surface area (Å²) in [7, 11) is 0. The Hall–Kier alpha value is -2.33. The molecule has 28 heavy (non-hydrogen) atoms. The normalized spacial score (nSPS) is 28.6. The Morgan fingerprint density at radius 1 is 0.964 bits per heavy atom. The number of hydrogen-bond acceptors (Lipinski definition) is 3. The van der Waals surface area contributed by atoms with Crippen LogP contribution in [-0.2, 0) is 17.6 Å². The van der Waals surface area contributed by atoms with Crippen LogP contribution in [0.3, 0.4) is 0 Å². The van der Waals surface area contributed by atoms with Crippen LogP contribution in [0, 0.1) is 5.92 Å². The average Bonchev–Trinajstić information content (AvgIpc) is 2.75. The topological polar surface area (TPSA) is 32.8 Å². The SMILES string of the molecule is O=C(OC1CN2CCC1CC2)N1CCc2ccccc2C1Cc1ccccc1. The summed E-state index contributed by atoms with van der Waals surface area (Å²) in [6, 6.07) is 19.1. The highest BCUT2D eigenvalue weighted by atomic mass is 16.6. The predicted molar refractivity (Wildman–Crippen MR) is 109 cm³/mol. The molecule has 0 aromatic heterocycles. The molecule has 4 nitrogen and oxygen atoms in total. The van der Waals surface area contributed by atoms with E-state index in [1.54, 1.807) is 0 Å². The van der Waals surface area contributed by atoms with Gasteiger partial charge in [-0.3, -0.25) is 4.90 Å². The molecule has 4 heteroatoms. The minimum atomic E-state index is -0.130. The van der Waals surface area contributed by atoms with Gasteiger partial charge in [0.25, 0.3) is 0 Å². The van der Waals surface area contributed by atoms with E-state index in [0.29, 0.717) is 5.92 Å². The van der Waals surface area contributed by atoms with Crippen molar-refractivity contribution in [3.05, 3.63) is 71.3 Å². The molecule has 3 fully saturated rings. The van der Waals surface area contributed by atoms with Gasteiger partial charge in [0, 0.05) is 13.1 Å². The van der Waals surface area contributed by atoms with Crippen molar-refractivity contribution in [1.29, 1.82) is 0 Å². The Morgan fingerprint density at radius 3 is 2.46 bits per heavy atom. The number of carbonyl (C=O) groups is 1. The number of hydrogen-bond donors (Lipinski definition) is 0. The highest BCUT2D eigenvalue weighted by molar-refractivity contribution is 5.69. The first-order valence-corrected chi connectivity index (χ1v) is 10.6. The highest BCUT2D eigenvalue weighted by Crippen LogP contribution is 2.35. The predicted octanol–water partition coefficient (Wildman–Crippen LogP) is 4.06. The van der Waals surface area contributed by atoms with Gasteiger partial charge in [0.2, 0.25) is 0 Å². The zero-order valence-electron chi connectivity index (χ0n) is 16.3. The monoisotopic (exact) mass is 376 g/mol. The number of carbonyl (C=O) groups excluding carboxylic acids is 1. The lowest BCUT2D eigenvalue weighted by molar-refractivity contribution is -0.0475. The van der Waals surface area contributed by atoms with Crippen molar-refractivity contribution in [2.45, 2.75) is 37.8 Å². The zero-order chi connectivity index (χ0) is 18.9. The molecule has 0 aliphatic carbocycles. The average molecular weight is 377 g/mol. The fourth-order valence-corrected chi connectivity index (χ4v) is 5.17. The maximum Gasteiger partial charge on any atom is 0.410 e. The van der Waals surface area contributed by atoms with Gasteiger partial charge >= 0.3 is 6.09 Å². The number of amides is 1. The lowest BCUT2D eigenvalue weighted by atomic mass is 9.86. The van der Waals surface area contributed by atoms with Gasteiger partial charge in [0.15, 0.2) is 0 Å². The molecule has 0 saturated carbocycles. The molecule has 2 unspecified atom stereocenters. The number of benzene rings is 2. The van der Waals surface area contributed by atoms with Crippen LogP contribution < -0.4 is 0 Å². The summed E-state index contributed by atoms with van der Waals surface area (Å²) in [5.74, 6) is 0.540. The van der Waals surface area contributed by atoms with E-state index in [9.17, 15) is 4.79 Å². The molecular weight excluding hydrogens is 348 g/mol. The molecule has 4 heterocycles. The third-order valence-corrected chi connectivity index (χ3v) is 6.77. The molecule has 6 rings (SSSR count). The van der Waals surface area contributed by atoms with E-state index in [1.807, 2.05) is 11.0 Å². The van der Waals surface area contributed by atoms with Crippen molar-refractivity contribution in [3.63, 3.8) is 0 Å². The van der Waals surface area contributed by atoms with Gasteiger partial charge in [0.05, 0.1) is 6.04 Å². The summed E-state index contributed by atoms with van der Waals surface area (Å²) in [4.78, 5) is 17.7. The van der Waals surface area contributed by atoms with Crippen LogP contribution in [0.25, 0.3) is 0 Å². The summed E-state index contributed by atoms with van der Waals surface area (Å²) in [6.07, 6.45) is 3.98. The Labute approximate surface area is 167 Å². The fourth-order valence-electron chi connectivity index (χ4n) is 5.17. The molecule has 1 amide bonds. The van der Waals surface area contributed by atoms with Gasteiger partial charge in [0.1, 0.15) is 6.10 Å². The highest BCUT2D eigenvalue weighted by Gasteiger charge is 2.39. The second kappa shape index (κ2) is 7.59. The van der Waals surface area contributed by atoms with Gasteiger partial charge in [-0.05, 0) is 61.4 Å². The second-order valence-electron chi connectivity index (χ2n) is 8.41. The van der Waals surface area contributed by atoms with Crippen LogP contribution in [0.2, 0.25) is 0 Å². The molecule has 2 aromatic carbocycles. The Morgan fingerprint density at radius 2 is 1.71 bits per heavy atom. The van der Waals surface area contributed by atoms with Gasteiger partial charge < -0.3 is 9.64 Å². The van der Waals surface area contributed by atoms with Crippen LogP contribution in [0.1, 0.15) is 35.6 Å². The van der Waals surface area contributed by atoms with Crippen LogP contribution in [0.15, 0.2) is 54.6 Å². The zero-order valence-corrected chi connectivity index (χ0v) is 16.3. The van der Waals surface area contributed by atoms with E-state index in [-0.39, 0.29) is 18.2 Å². The first-order chi connectivity index (χ1) is 13.8. The lowest BCUT2D eigenvalue weighted by Gasteiger charge is -2.45. The van der Waals surface area contributed by atoms with E-state index in [0.717, 1.165) is 51.9 Å². The molecule has 2 bridgehead atoms. The largest absolute Gasteiger partial charge is 0.444 e. The Balaban J connectivity index is 1.38. The van der Waals surface area contributed by atoms with E-state index >= 15 is 0 Å². The van der Waals surface area contributed by atoms with Crippen molar-refractivity contribution in [1.82, 2.24) is 9.80 Å². The third kappa shape index (κ3) is 3.42. The fraction of sp³-hybridized carbons (Fsp3) is 0.458. The van der Waals surface area contributed by atoms with E-state index in [1.165, 1.54) is 16.7 Å². The summed E-state index contributed by atoms with van der Waals surface area (Å²) < 4.78 is 6.09. The summed E-state index contributed by atoms with van der Waals surface area (Å²) in [5, 5.41) is 0. The molecule has 4 aliphatic heterocycles. The second-order valence-corrected chi connectivity index (χ2v) is 8.41. The van der Waals surface area contributed by atoms with Crippen molar-refractivity contribution >= 4 is 6.09 Å². The molecule has 146 valence electrons. The summed E-state index contributed by atoms with van der Waals surface area (Å²) in [5.41, 5.74) is 3.88. The first kappa shape index (κ1) is 17.7. The molecule has 4 aliphatic rings. The van der Waals surface area contributed by atoms with Gasteiger partial charge in [-0.2, -0.15) is 0 Å². The third-order valence-electron chi connectivity index (χ3n) is 6.77. The molecule has 0 spiro atoms. The quantitative estimate of drug-likeness (QED) is 0.810. The minimum absolute atomic E-state index is 0.0425. The summed E-state index contributed by atoms with van der Waals surface area (Å²) in [6.45, 7) is 3.96. The van der Waals surface area contributed by atoms with Crippen molar-refractivity contribution in [2.24, 2.45) is 5.92 Å². The number of piperidine rings is 3. The molecule has 2 atom stereocenters. The van der Waals surface area contributed by atoms with Crippen LogP contribution in [0.4, 0.5) is 4.79 Å². The van der Waals surface area contributed by atoms with E-state index < -0.39 is 0 Å². The standard InChI is InChI=1S/C24H28N2O2/c27-24(28-23-17-25-13-10-20(23)11-14-25)26-15-12-19-8-4-5-9-21(19)22(26)16-18-6-2-1-3-7-18/h1-9,20,22-23H,10-17H2. The van der Waals surface area contributed by atoms with Gasteiger partial charge in [-0.1, -0.05) is 54.6 Å². The first-order valence-electron chi connectivity index (χ1n) is 10.6. The van der Waals surface area contributed by atoms with Gasteiger partial charge in [-0.15, -0.1) is 0 Å². The van der Waals surface area contributed by atoms with Crippen molar-refractivity contribution < 1.29 is 9.53 Å².